The van der Waals surface area contributed by atoms with E-state index >= 15 is 0 Å². The lowest BCUT2D eigenvalue weighted by atomic mass is 9.98. The highest BCUT2D eigenvalue weighted by atomic mass is 16.6. The highest BCUT2D eigenvalue weighted by molar-refractivity contribution is 5.81. The highest BCUT2D eigenvalue weighted by Gasteiger charge is 2.44. The largest absolute Gasteiger partial charge is 0.480 e. The van der Waals surface area contributed by atoms with E-state index in [0.717, 1.165) is 0 Å². The van der Waals surface area contributed by atoms with Gasteiger partial charge in [-0.1, -0.05) is 0 Å². The molecule has 0 bridgehead atoms. The number of aliphatic hydroxyl groups is 2. The molecular weight excluding hydrogens is 370 g/mol. The molecule has 28 heavy (non-hydrogen) atoms. The summed E-state index contributed by atoms with van der Waals surface area (Å²) >= 11 is 0. The van der Waals surface area contributed by atoms with Crippen molar-refractivity contribution in [1.82, 2.24) is 19.5 Å². The van der Waals surface area contributed by atoms with Crippen molar-refractivity contribution in [2.75, 3.05) is 5.73 Å². The number of hydrogen-bond acceptors (Lipinski definition) is 10. The summed E-state index contributed by atoms with van der Waals surface area (Å²) in [6.45, 7) is 0. The Morgan fingerprint density at radius 2 is 1.96 bits per heavy atom. The van der Waals surface area contributed by atoms with Gasteiger partial charge >= 0.3 is 5.97 Å². The van der Waals surface area contributed by atoms with Gasteiger partial charge in [0.1, 0.15) is 30.1 Å². The first-order chi connectivity index (χ1) is 13.3. The first-order valence-corrected chi connectivity index (χ1v) is 8.98. The van der Waals surface area contributed by atoms with Crippen LogP contribution in [0.5, 0.6) is 0 Å². The maximum atomic E-state index is 10.7. The number of nitrogens with zero attached hydrogens (tertiary/aromatic N) is 4. The monoisotopic (exact) mass is 395 g/mol. The molecule has 0 spiro atoms. The zero-order chi connectivity index (χ0) is 20.4. The van der Waals surface area contributed by atoms with E-state index in [-0.39, 0.29) is 11.9 Å². The van der Waals surface area contributed by atoms with E-state index in [4.69, 9.17) is 27.0 Å². The SMILES string of the molecule is Nc1ncnc2c1ncn2C1OC(CC(N)CCCC(N)C(=O)O)C(O)C1O. The number of carboxylic acid groups (broad SMARTS) is 1. The van der Waals surface area contributed by atoms with E-state index in [1.165, 1.54) is 17.2 Å². The predicted molar refractivity (Wildman–Crippen MR) is 97.7 cm³/mol. The van der Waals surface area contributed by atoms with Crippen LogP contribution in [0.15, 0.2) is 12.7 Å². The van der Waals surface area contributed by atoms with Crippen LogP contribution in [0.2, 0.25) is 0 Å². The number of rotatable bonds is 8. The van der Waals surface area contributed by atoms with Crippen molar-refractivity contribution in [2.24, 2.45) is 11.5 Å². The van der Waals surface area contributed by atoms with Crippen molar-refractivity contribution in [2.45, 2.75) is 62.3 Å². The zero-order valence-corrected chi connectivity index (χ0v) is 15.1. The van der Waals surface area contributed by atoms with Crippen molar-refractivity contribution >= 4 is 23.0 Å². The minimum Gasteiger partial charge on any atom is -0.480 e. The smallest absolute Gasteiger partial charge is 0.320 e. The third-order valence-electron chi connectivity index (χ3n) is 4.94. The second-order valence-corrected chi connectivity index (χ2v) is 7.00. The average Bonchev–Trinajstić information content (AvgIpc) is 3.19. The fourth-order valence-electron chi connectivity index (χ4n) is 3.35. The number of aliphatic carboxylic acids is 1. The Morgan fingerprint density at radius 3 is 2.68 bits per heavy atom. The number of anilines is 1. The average molecular weight is 395 g/mol. The molecule has 9 N–H and O–H groups in total. The van der Waals surface area contributed by atoms with Crippen LogP contribution in [0.4, 0.5) is 5.82 Å². The summed E-state index contributed by atoms with van der Waals surface area (Å²) in [6.07, 6.45) is 0.421. The zero-order valence-electron chi connectivity index (χ0n) is 15.1. The van der Waals surface area contributed by atoms with Crippen molar-refractivity contribution in [3.8, 4) is 0 Å². The topological polar surface area (TPSA) is 209 Å². The molecule has 1 aliphatic heterocycles. The number of aliphatic hydroxyl groups excluding tert-OH is 2. The third kappa shape index (κ3) is 4.05. The Balaban J connectivity index is 1.62. The van der Waals surface area contributed by atoms with Gasteiger partial charge in [0, 0.05) is 6.04 Å². The van der Waals surface area contributed by atoms with Crippen molar-refractivity contribution in [3.63, 3.8) is 0 Å². The molecule has 2 aromatic heterocycles. The number of hydrogen-bond donors (Lipinski definition) is 6. The van der Waals surface area contributed by atoms with Gasteiger partial charge in [-0.15, -0.1) is 0 Å². The summed E-state index contributed by atoms with van der Waals surface area (Å²) in [4.78, 5) is 22.8. The molecule has 6 atom stereocenters. The van der Waals surface area contributed by atoms with Crippen LogP contribution in [0.3, 0.4) is 0 Å². The van der Waals surface area contributed by atoms with Crippen LogP contribution in [-0.2, 0) is 9.53 Å². The summed E-state index contributed by atoms with van der Waals surface area (Å²) in [5, 5.41) is 29.6. The number of imidazole rings is 1. The molecule has 0 aliphatic carbocycles. The van der Waals surface area contributed by atoms with Gasteiger partial charge in [0.15, 0.2) is 17.7 Å². The normalized spacial score (nSPS) is 27.1. The van der Waals surface area contributed by atoms with Gasteiger partial charge in [0.25, 0.3) is 0 Å². The van der Waals surface area contributed by atoms with Crippen LogP contribution in [0.25, 0.3) is 11.2 Å². The minimum absolute atomic E-state index is 0.204. The summed E-state index contributed by atoms with van der Waals surface area (Å²) in [5.41, 5.74) is 18.1. The molecule has 1 aliphatic rings. The van der Waals surface area contributed by atoms with E-state index in [9.17, 15) is 15.0 Å². The summed E-state index contributed by atoms with van der Waals surface area (Å²) in [5.74, 6) is -0.846. The van der Waals surface area contributed by atoms with Gasteiger partial charge in [-0.05, 0) is 25.7 Å². The first-order valence-electron chi connectivity index (χ1n) is 8.98. The lowest BCUT2D eigenvalue weighted by Gasteiger charge is -2.19. The number of carboxylic acids is 1. The number of aromatic nitrogens is 4. The number of ether oxygens (including phenoxy) is 1. The Labute approximate surface area is 160 Å². The third-order valence-corrected chi connectivity index (χ3v) is 4.94. The predicted octanol–water partition coefficient (Wildman–Crippen LogP) is -1.67. The van der Waals surface area contributed by atoms with Crippen LogP contribution in [-0.4, -0.2) is 71.2 Å². The van der Waals surface area contributed by atoms with E-state index in [0.29, 0.717) is 36.8 Å². The first kappa shape index (κ1) is 20.4. The molecule has 1 saturated heterocycles. The number of nitrogens with two attached hydrogens (primary N) is 3. The Morgan fingerprint density at radius 1 is 1.21 bits per heavy atom. The molecule has 1 fully saturated rings. The summed E-state index contributed by atoms with van der Waals surface area (Å²) in [6, 6.07) is -1.26. The molecule has 2 aromatic rings. The van der Waals surface area contributed by atoms with Crippen LogP contribution in [0, 0.1) is 0 Å². The fourth-order valence-corrected chi connectivity index (χ4v) is 3.35. The van der Waals surface area contributed by atoms with E-state index < -0.39 is 36.6 Å². The van der Waals surface area contributed by atoms with Gasteiger partial charge in [0.2, 0.25) is 0 Å². The van der Waals surface area contributed by atoms with Gasteiger partial charge in [-0.3, -0.25) is 9.36 Å². The fraction of sp³-hybridized carbons (Fsp3) is 0.625. The van der Waals surface area contributed by atoms with Crippen LogP contribution >= 0.6 is 0 Å². The molecule has 3 rings (SSSR count). The lowest BCUT2D eigenvalue weighted by Crippen LogP contribution is -2.36. The molecule has 3 heterocycles. The molecule has 0 radical (unpaired) electrons. The van der Waals surface area contributed by atoms with Gasteiger partial charge in [0.05, 0.1) is 12.4 Å². The van der Waals surface area contributed by atoms with Gasteiger partial charge in [-0.25, -0.2) is 15.0 Å². The molecule has 0 aromatic carbocycles. The highest BCUT2D eigenvalue weighted by Crippen LogP contribution is 2.33. The van der Waals surface area contributed by atoms with Crippen LogP contribution in [0.1, 0.15) is 31.9 Å². The summed E-state index contributed by atoms with van der Waals surface area (Å²) in [7, 11) is 0. The number of fused-ring (bicyclic) bond motifs is 1. The van der Waals surface area contributed by atoms with Crippen molar-refractivity contribution in [1.29, 1.82) is 0 Å². The molecule has 0 amide bonds. The quantitative estimate of drug-likeness (QED) is 0.297. The number of nitrogen functional groups attached to an aromatic ring is 1. The minimum atomic E-state index is -1.20. The standard InChI is InChI=1S/C16H25N7O5/c17-7(2-1-3-8(18)16(26)27)4-9-11(24)12(25)15(28-9)23-6-22-10-13(19)20-5-21-14(10)23/h5-9,11-12,15,24-25H,1-4,17-18H2,(H,26,27)(H2,19,20,21). The van der Waals surface area contributed by atoms with Gasteiger partial charge < -0.3 is 37.3 Å². The maximum Gasteiger partial charge on any atom is 0.320 e. The second kappa shape index (κ2) is 8.32. The lowest BCUT2D eigenvalue weighted by molar-refractivity contribution is -0.138. The molecule has 6 unspecified atom stereocenters. The molecule has 154 valence electrons. The maximum absolute atomic E-state index is 10.7. The molecular formula is C16H25N7O5. The Kier molecular flexibility index (Phi) is 6.05. The van der Waals surface area contributed by atoms with E-state index in [2.05, 4.69) is 15.0 Å². The van der Waals surface area contributed by atoms with Crippen molar-refractivity contribution < 1.29 is 24.9 Å². The van der Waals surface area contributed by atoms with Crippen molar-refractivity contribution in [3.05, 3.63) is 12.7 Å². The molecule has 0 saturated carbocycles. The second-order valence-electron chi connectivity index (χ2n) is 7.00. The van der Waals surface area contributed by atoms with Crippen LogP contribution < -0.4 is 17.2 Å². The molecule has 12 nitrogen and oxygen atoms in total. The molecule has 12 heteroatoms. The number of carbonyl (C=O) groups is 1. The van der Waals surface area contributed by atoms with E-state index in [1.54, 1.807) is 0 Å². The summed E-state index contributed by atoms with van der Waals surface area (Å²) < 4.78 is 7.34. The Hall–Kier alpha value is -2.38. The Bertz CT molecular complexity index is 831. The van der Waals surface area contributed by atoms with Gasteiger partial charge in [-0.2, -0.15) is 0 Å². The van der Waals surface area contributed by atoms with E-state index in [1.807, 2.05) is 0 Å².